The number of carbonyl (C=O) groups is 2. The molecule has 5 nitrogen and oxygen atoms in total. The molecule has 0 aliphatic rings. The molecule has 1 atom stereocenters. The maximum Gasteiger partial charge on any atom is 0.495 e. The molecule has 1 aromatic carbocycles. The zero-order valence-corrected chi connectivity index (χ0v) is 9.52. The molecule has 8 heteroatoms. The number of halogens is 3. The normalized spacial score (nSPS) is 12.6. The van der Waals surface area contributed by atoms with Gasteiger partial charge in [0, 0.05) is 0 Å². The van der Waals surface area contributed by atoms with Crippen LogP contribution in [0.15, 0.2) is 30.3 Å². The molecule has 0 spiro atoms. The van der Waals surface area contributed by atoms with Crippen LogP contribution in [-0.4, -0.2) is 24.2 Å². The molecule has 0 amide bonds. The first-order chi connectivity index (χ1) is 8.80. The van der Waals surface area contributed by atoms with E-state index in [1.165, 1.54) is 0 Å². The molecule has 104 valence electrons. The lowest BCUT2D eigenvalue weighted by Gasteiger charge is -2.10. The quantitative estimate of drug-likeness (QED) is 0.661. The summed E-state index contributed by atoms with van der Waals surface area (Å²) < 4.78 is 35.3. The molecule has 1 aromatic rings. The Morgan fingerprint density at radius 1 is 1.16 bits per heavy atom. The summed E-state index contributed by atoms with van der Waals surface area (Å²) >= 11 is 0. The highest BCUT2D eigenvalue weighted by molar-refractivity contribution is 5.79. The van der Waals surface area contributed by atoms with Gasteiger partial charge in [0.05, 0.1) is 0 Å². The van der Waals surface area contributed by atoms with E-state index in [1.807, 2.05) is 0 Å². The van der Waals surface area contributed by atoms with Gasteiger partial charge in [-0.25, -0.2) is 19.4 Å². The second-order valence-corrected chi connectivity index (χ2v) is 3.57. The third-order valence-corrected chi connectivity index (χ3v) is 2.03. The minimum absolute atomic E-state index is 0.0449. The van der Waals surface area contributed by atoms with Crippen molar-refractivity contribution >= 4 is 11.9 Å². The third-order valence-electron chi connectivity index (χ3n) is 2.03. The Labute approximate surface area is 106 Å². The van der Waals surface area contributed by atoms with Crippen molar-refractivity contribution in [1.29, 1.82) is 0 Å². The molecule has 1 rings (SSSR count). The smallest absolute Gasteiger partial charge is 0.318 e. The highest BCUT2D eigenvalue weighted by Gasteiger charge is 2.43. The van der Waals surface area contributed by atoms with E-state index in [2.05, 4.69) is 9.78 Å². The molecule has 0 aromatic heterocycles. The van der Waals surface area contributed by atoms with Crippen LogP contribution in [0.3, 0.4) is 0 Å². The van der Waals surface area contributed by atoms with Gasteiger partial charge in [-0.3, -0.25) is 0 Å². The Kier molecular flexibility index (Phi) is 4.87. The van der Waals surface area contributed by atoms with Crippen molar-refractivity contribution < 1.29 is 32.5 Å². The molecule has 0 fully saturated rings. The zero-order valence-electron chi connectivity index (χ0n) is 9.52. The molecule has 1 unspecified atom stereocenters. The molecule has 0 bridgehead atoms. The number of hydrogen-bond acceptors (Lipinski definition) is 5. The summed E-state index contributed by atoms with van der Waals surface area (Å²) in [4.78, 5) is 28.5. The van der Waals surface area contributed by atoms with Crippen molar-refractivity contribution in [2.24, 2.45) is 5.73 Å². The topological polar surface area (TPSA) is 78.6 Å². The van der Waals surface area contributed by atoms with Gasteiger partial charge < -0.3 is 5.73 Å². The first kappa shape index (κ1) is 15.0. The van der Waals surface area contributed by atoms with Crippen LogP contribution in [0, 0.1) is 0 Å². The van der Waals surface area contributed by atoms with Gasteiger partial charge in [-0.2, -0.15) is 13.2 Å². The third kappa shape index (κ3) is 4.96. The van der Waals surface area contributed by atoms with Gasteiger partial charge in [0.15, 0.2) is 0 Å². The largest absolute Gasteiger partial charge is 0.495 e. The van der Waals surface area contributed by atoms with Crippen molar-refractivity contribution in [3.05, 3.63) is 35.9 Å². The maximum absolute atomic E-state index is 11.8. The summed E-state index contributed by atoms with van der Waals surface area (Å²) in [5.74, 6) is -3.88. The lowest BCUT2D eigenvalue weighted by molar-refractivity contribution is -0.286. The van der Waals surface area contributed by atoms with Crippen molar-refractivity contribution in [3.63, 3.8) is 0 Å². The predicted molar refractivity (Wildman–Crippen MR) is 56.4 cm³/mol. The fourth-order valence-corrected chi connectivity index (χ4v) is 1.14. The maximum atomic E-state index is 11.8. The second kappa shape index (κ2) is 6.19. The number of alkyl halides is 3. The van der Waals surface area contributed by atoms with Gasteiger partial charge in [0.1, 0.15) is 6.04 Å². The van der Waals surface area contributed by atoms with Crippen LogP contribution in [0.25, 0.3) is 0 Å². The molecule has 2 N–H and O–H groups in total. The van der Waals surface area contributed by atoms with E-state index in [1.54, 1.807) is 30.3 Å². The summed E-state index contributed by atoms with van der Waals surface area (Å²) in [6.45, 7) is 0. The molecule has 0 aliphatic carbocycles. The number of carbonyl (C=O) groups excluding carboxylic acids is 2. The monoisotopic (exact) mass is 277 g/mol. The summed E-state index contributed by atoms with van der Waals surface area (Å²) in [6, 6.07) is 7.28. The predicted octanol–water partition coefficient (Wildman–Crippen LogP) is 1.12. The molecular formula is C11H10F3NO4. The van der Waals surface area contributed by atoms with E-state index in [-0.39, 0.29) is 6.42 Å². The number of benzene rings is 1. The molecule has 0 aliphatic heterocycles. The molecule has 0 heterocycles. The second-order valence-electron chi connectivity index (χ2n) is 3.57. The number of hydrogen-bond donors (Lipinski definition) is 1. The van der Waals surface area contributed by atoms with Crippen LogP contribution in [-0.2, 0) is 25.8 Å². The van der Waals surface area contributed by atoms with E-state index in [0.717, 1.165) is 0 Å². The van der Waals surface area contributed by atoms with Crippen LogP contribution in [0.2, 0.25) is 0 Å². The molecule has 0 saturated carbocycles. The average Bonchev–Trinajstić information content (AvgIpc) is 2.35. The lowest BCUT2D eigenvalue weighted by atomic mass is 10.1. The summed E-state index contributed by atoms with van der Waals surface area (Å²) in [6.07, 6.45) is -5.19. The van der Waals surface area contributed by atoms with Crippen LogP contribution in [0.4, 0.5) is 13.2 Å². The van der Waals surface area contributed by atoms with Gasteiger partial charge in [0.2, 0.25) is 0 Å². The minimum Gasteiger partial charge on any atom is -0.318 e. The summed E-state index contributed by atoms with van der Waals surface area (Å²) in [5.41, 5.74) is 6.09. The summed E-state index contributed by atoms with van der Waals surface area (Å²) in [5, 5.41) is 0. The van der Waals surface area contributed by atoms with Gasteiger partial charge >= 0.3 is 18.1 Å². The van der Waals surface area contributed by atoms with E-state index >= 15 is 0 Å². The van der Waals surface area contributed by atoms with E-state index in [9.17, 15) is 22.8 Å². The fraction of sp³-hybridized carbons (Fsp3) is 0.273. The highest BCUT2D eigenvalue weighted by atomic mass is 19.4. The number of rotatable bonds is 3. The summed E-state index contributed by atoms with van der Waals surface area (Å²) in [7, 11) is 0. The standard InChI is InChI=1S/C11H10F3NO4/c12-11(13,14)10(17)19-18-9(16)8(15)6-7-4-2-1-3-5-7/h1-5,8H,6,15H2. The first-order valence-corrected chi connectivity index (χ1v) is 5.09. The average molecular weight is 277 g/mol. The minimum atomic E-state index is -5.23. The van der Waals surface area contributed by atoms with Crippen molar-refractivity contribution in [3.8, 4) is 0 Å². The van der Waals surface area contributed by atoms with Crippen molar-refractivity contribution in [2.45, 2.75) is 18.6 Å². The molecule has 0 saturated heterocycles. The van der Waals surface area contributed by atoms with Crippen LogP contribution in [0.1, 0.15) is 5.56 Å². The van der Waals surface area contributed by atoms with Crippen molar-refractivity contribution in [1.82, 2.24) is 0 Å². The highest BCUT2D eigenvalue weighted by Crippen LogP contribution is 2.16. The Morgan fingerprint density at radius 2 is 1.74 bits per heavy atom. The van der Waals surface area contributed by atoms with Gasteiger partial charge in [-0.1, -0.05) is 30.3 Å². The van der Waals surface area contributed by atoms with Gasteiger partial charge in [-0.15, -0.1) is 0 Å². The number of nitrogens with two attached hydrogens (primary N) is 1. The Bertz CT molecular complexity index is 447. The van der Waals surface area contributed by atoms with E-state index in [0.29, 0.717) is 5.56 Å². The zero-order chi connectivity index (χ0) is 14.5. The SMILES string of the molecule is NC(Cc1ccccc1)C(=O)OOC(=O)C(F)(F)F. The molecule has 19 heavy (non-hydrogen) atoms. The van der Waals surface area contributed by atoms with Gasteiger partial charge in [-0.05, 0) is 12.0 Å². The van der Waals surface area contributed by atoms with Gasteiger partial charge in [0.25, 0.3) is 0 Å². The molecular weight excluding hydrogens is 267 g/mol. The Balaban J connectivity index is 2.44. The van der Waals surface area contributed by atoms with E-state index < -0.39 is 24.2 Å². The van der Waals surface area contributed by atoms with Crippen LogP contribution >= 0.6 is 0 Å². The molecule has 0 radical (unpaired) electrons. The van der Waals surface area contributed by atoms with E-state index in [4.69, 9.17) is 5.73 Å². The lowest BCUT2D eigenvalue weighted by Crippen LogP contribution is -2.36. The Morgan fingerprint density at radius 3 is 2.26 bits per heavy atom. The van der Waals surface area contributed by atoms with Crippen LogP contribution in [0.5, 0.6) is 0 Å². The first-order valence-electron chi connectivity index (χ1n) is 5.09. The van der Waals surface area contributed by atoms with Crippen LogP contribution < -0.4 is 5.73 Å². The fourth-order valence-electron chi connectivity index (χ4n) is 1.14. The van der Waals surface area contributed by atoms with Crippen molar-refractivity contribution in [2.75, 3.05) is 0 Å². The Hall–Kier alpha value is -2.09.